The summed E-state index contributed by atoms with van der Waals surface area (Å²) in [6, 6.07) is 5.36. The number of amides is 2. The SMILES string of the molecule is CCc1ncnc(O[C@H]2CCN(C(=O)NCc3ccc4c(c3)OCO4)C2)c1F. The zero-order valence-electron chi connectivity index (χ0n) is 15.5. The van der Waals surface area contributed by atoms with Gasteiger partial charge in [-0.25, -0.2) is 9.78 Å². The molecule has 1 fully saturated rings. The van der Waals surface area contributed by atoms with E-state index in [-0.39, 0.29) is 24.8 Å². The number of urea groups is 1. The standard InChI is InChI=1S/C19H21FN4O4/c1-2-14-17(20)18(23-10-22-14)28-13-5-6-24(9-13)19(25)21-8-12-3-4-15-16(7-12)27-11-26-15/h3-4,7,10,13H,2,5-6,8-9,11H2,1H3,(H,21,25)/t13-/m0/s1. The second kappa shape index (κ2) is 7.87. The smallest absolute Gasteiger partial charge is 0.317 e. The van der Waals surface area contributed by atoms with Crippen LogP contribution in [0, 0.1) is 5.82 Å². The minimum absolute atomic E-state index is 0.0560. The summed E-state index contributed by atoms with van der Waals surface area (Å²) >= 11 is 0. The summed E-state index contributed by atoms with van der Waals surface area (Å²) in [6.07, 6.45) is 2.07. The molecule has 0 radical (unpaired) electrons. The average Bonchev–Trinajstić information content (AvgIpc) is 3.36. The minimum atomic E-state index is -0.532. The molecule has 0 saturated carbocycles. The number of benzene rings is 1. The van der Waals surface area contributed by atoms with Crippen LogP contribution in [0.5, 0.6) is 17.4 Å². The first kappa shape index (κ1) is 18.3. The molecule has 1 N–H and O–H groups in total. The summed E-state index contributed by atoms with van der Waals surface area (Å²) in [4.78, 5) is 21.8. The highest BCUT2D eigenvalue weighted by molar-refractivity contribution is 5.74. The Bertz CT molecular complexity index is 879. The van der Waals surface area contributed by atoms with Gasteiger partial charge in [-0.05, 0) is 24.1 Å². The van der Waals surface area contributed by atoms with Gasteiger partial charge in [0.05, 0.1) is 12.2 Å². The zero-order chi connectivity index (χ0) is 19.5. The van der Waals surface area contributed by atoms with E-state index in [1.54, 1.807) is 4.90 Å². The van der Waals surface area contributed by atoms with Crippen molar-refractivity contribution in [2.75, 3.05) is 19.9 Å². The van der Waals surface area contributed by atoms with E-state index in [1.807, 2.05) is 25.1 Å². The van der Waals surface area contributed by atoms with Gasteiger partial charge >= 0.3 is 6.03 Å². The lowest BCUT2D eigenvalue weighted by Crippen LogP contribution is -2.39. The Morgan fingerprint density at radius 1 is 1.36 bits per heavy atom. The second-order valence-electron chi connectivity index (χ2n) is 6.61. The van der Waals surface area contributed by atoms with Gasteiger partial charge in [-0.1, -0.05) is 13.0 Å². The molecule has 3 heterocycles. The van der Waals surface area contributed by atoms with Gasteiger partial charge in [0, 0.05) is 19.5 Å². The topological polar surface area (TPSA) is 85.8 Å². The molecule has 0 spiro atoms. The fraction of sp³-hybridized carbons (Fsp3) is 0.421. The van der Waals surface area contributed by atoms with Crippen molar-refractivity contribution in [2.24, 2.45) is 0 Å². The van der Waals surface area contributed by atoms with Crippen LogP contribution in [0.15, 0.2) is 24.5 Å². The van der Waals surface area contributed by atoms with Gasteiger partial charge in [0.25, 0.3) is 5.88 Å². The lowest BCUT2D eigenvalue weighted by atomic mass is 10.2. The monoisotopic (exact) mass is 388 g/mol. The molecule has 2 aliphatic rings. The molecule has 2 aliphatic heterocycles. The van der Waals surface area contributed by atoms with Gasteiger partial charge in [0.2, 0.25) is 12.6 Å². The molecular weight excluding hydrogens is 367 g/mol. The van der Waals surface area contributed by atoms with Crippen LogP contribution >= 0.6 is 0 Å². The van der Waals surface area contributed by atoms with E-state index in [0.29, 0.717) is 49.7 Å². The fourth-order valence-corrected chi connectivity index (χ4v) is 3.22. The highest BCUT2D eigenvalue weighted by Crippen LogP contribution is 2.32. The molecule has 0 aliphatic carbocycles. The number of carbonyl (C=O) groups excluding carboxylic acids is 1. The Morgan fingerprint density at radius 2 is 2.21 bits per heavy atom. The maximum Gasteiger partial charge on any atom is 0.317 e. The second-order valence-corrected chi connectivity index (χ2v) is 6.61. The molecule has 1 atom stereocenters. The van der Waals surface area contributed by atoms with E-state index in [1.165, 1.54) is 6.33 Å². The number of hydrogen-bond donors (Lipinski definition) is 1. The Kier molecular flexibility index (Phi) is 5.14. The van der Waals surface area contributed by atoms with Crippen molar-refractivity contribution in [3.63, 3.8) is 0 Å². The van der Waals surface area contributed by atoms with Gasteiger partial charge < -0.3 is 24.4 Å². The molecular formula is C19H21FN4O4. The third kappa shape index (κ3) is 3.78. The van der Waals surface area contributed by atoms with Crippen LogP contribution in [0.3, 0.4) is 0 Å². The minimum Gasteiger partial charge on any atom is -0.470 e. The van der Waals surface area contributed by atoms with E-state index < -0.39 is 5.82 Å². The molecule has 1 saturated heterocycles. The van der Waals surface area contributed by atoms with Crippen LogP contribution in [0.4, 0.5) is 9.18 Å². The van der Waals surface area contributed by atoms with Crippen LogP contribution in [0.1, 0.15) is 24.6 Å². The Morgan fingerprint density at radius 3 is 3.07 bits per heavy atom. The van der Waals surface area contributed by atoms with E-state index in [0.717, 1.165) is 5.56 Å². The van der Waals surface area contributed by atoms with Crippen molar-refractivity contribution in [1.29, 1.82) is 0 Å². The summed E-state index contributed by atoms with van der Waals surface area (Å²) < 4.78 is 30.5. The fourth-order valence-electron chi connectivity index (χ4n) is 3.22. The summed E-state index contributed by atoms with van der Waals surface area (Å²) in [7, 11) is 0. The average molecular weight is 388 g/mol. The van der Waals surface area contributed by atoms with Gasteiger partial charge in [-0.15, -0.1) is 0 Å². The van der Waals surface area contributed by atoms with Crippen molar-refractivity contribution in [3.8, 4) is 17.4 Å². The number of aryl methyl sites for hydroxylation is 1. The maximum absolute atomic E-state index is 14.2. The van der Waals surface area contributed by atoms with Gasteiger partial charge in [0.15, 0.2) is 11.5 Å². The number of nitrogens with one attached hydrogen (secondary N) is 1. The van der Waals surface area contributed by atoms with Crippen molar-refractivity contribution in [1.82, 2.24) is 20.2 Å². The van der Waals surface area contributed by atoms with Crippen LogP contribution < -0.4 is 19.5 Å². The summed E-state index contributed by atoms with van der Waals surface area (Å²) in [5.74, 6) is 0.799. The summed E-state index contributed by atoms with van der Waals surface area (Å²) in [6.45, 7) is 3.31. The normalized spacial score (nSPS) is 17.6. The number of nitrogens with zero attached hydrogens (tertiary/aromatic N) is 3. The predicted molar refractivity (Wildman–Crippen MR) is 96.8 cm³/mol. The molecule has 0 bridgehead atoms. The number of carbonyl (C=O) groups is 1. The highest BCUT2D eigenvalue weighted by atomic mass is 19.1. The molecule has 28 heavy (non-hydrogen) atoms. The van der Waals surface area contributed by atoms with Crippen LogP contribution in [-0.2, 0) is 13.0 Å². The largest absolute Gasteiger partial charge is 0.470 e. The summed E-state index contributed by atoms with van der Waals surface area (Å²) in [5, 5.41) is 2.88. The van der Waals surface area contributed by atoms with E-state index in [4.69, 9.17) is 14.2 Å². The molecule has 8 nitrogen and oxygen atoms in total. The molecule has 148 valence electrons. The first-order valence-corrected chi connectivity index (χ1v) is 9.21. The van der Waals surface area contributed by atoms with E-state index in [9.17, 15) is 9.18 Å². The van der Waals surface area contributed by atoms with E-state index >= 15 is 0 Å². The highest BCUT2D eigenvalue weighted by Gasteiger charge is 2.29. The van der Waals surface area contributed by atoms with Crippen LogP contribution in [0.25, 0.3) is 0 Å². The van der Waals surface area contributed by atoms with Crippen LogP contribution in [-0.4, -0.2) is 46.9 Å². The van der Waals surface area contributed by atoms with Crippen LogP contribution in [0.2, 0.25) is 0 Å². The van der Waals surface area contributed by atoms with Gasteiger partial charge in [-0.3, -0.25) is 0 Å². The first-order valence-electron chi connectivity index (χ1n) is 9.21. The lowest BCUT2D eigenvalue weighted by Gasteiger charge is -2.18. The number of fused-ring (bicyclic) bond motifs is 1. The lowest BCUT2D eigenvalue weighted by molar-refractivity contribution is 0.174. The molecule has 2 aromatic rings. The number of likely N-dealkylation sites (tertiary alicyclic amines) is 1. The Balaban J connectivity index is 1.30. The van der Waals surface area contributed by atoms with Gasteiger partial charge in [0.1, 0.15) is 12.4 Å². The Labute approximate surface area is 161 Å². The molecule has 1 aromatic heterocycles. The van der Waals surface area contributed by atoms with Crippen molar-refractivity contribution >= 4 is 6.03 Å². The molecule has 0 unspecified atom stereocenters. The van der Waals surface area contributed by atoms with Crippen molar-refractivity contribution < 1.29 is 23.4 Å². The maximum atomic E-state index is 14.2. The molecule has 1 aromatic carbocycles. The predicted octanol–water partition coefficient (Wildman–Crippen LogP) is 2.27. The third-order valence-electron chi connectivity index (χ3n) is 4.76. The van der Waals surface area contributed by atoms with E-state index in [2.05, 4.69) is 15.3 Å². The third-order valence-corrected chi connectivity index (χ3v) is 4.76. The van der Waals surface area contributed by atoms with Crippen molar-refractivity contribution in [3.05, 3.63) is 41.6 Å². The molecule has 4 rings (SSSR count). The number of aromatic nitrogens is 2. The first-order chi connectivity index (χ1) is 13.6. The molecule has 2 amide bonds. The number of rotatable bonds is 5. The van der Waals surface area contributed by atoms with Crippen molar-refractivity contribution in [2.45, 2.75) is 32.4 Å². The number of hydrogen-bond acceptors (Lipinski definition) is 6. The zero-order valence-corrected chi connectivity index (χ0v) is 15.5. The molecule has 9 heteroatoms. The Hall–Kier alpha value is -3.10. The summed E-state index contributed by atoms with van der Waals surface area (Å²) in [5.41, 5.74) is 1.24. The quantitative estimate of drug-likeness (QED) is 0.846. The van der Waals surface area contributed by atoms with Gasteiger partial charge in [-0.2, -0.15) is 9.37 Å². The number of ether oxygens (including phenoxy) is 3. The number of halogens is 1.